The van der Waals surface area contributed by atoms with Gasteiger partial charge in [0.1, 0.15) is 4.99 Å². The fraction of sp³-hybridized carbons (Fsp3) is 0.200. The molecule has 1 atom stereocenters. The summed E-state index contributed by atoms with van der Waals surface area (Å²) in [6.07, 6.45) is 1.20. The number of aliphatic imine (C=N–C) groups is 1. The van der Waals surface area contributed by atoms with Crippen molar-refractivity contribution in [3.63, 3.8) is 0 Å². The van der Waals surface area contributed by atoms with Crippen LogP contribution in [0.2, 0.25) is 0 Å². The van der Waals surface area contributed by atoms with Crippen molar-refractivity contribution in [3.8, 4) is 0 Å². The van der Waals surface area contributed by atoms with Crippen molar-refractivity contribution in [3.05, 3.63) is 10.7 Å². The first kappa shape index (κ1) is 6.87. The van der Waals surface area contributed by atoms with E-state index in [1.165, 1.54) is 6.34 Å². The van der Waals surface area contributed by atoms with Crippen LogP contribution in [0.4, 0.5) is 0 Å². The molecule has 1 N–H and O–H groups in total. The molecular weight excluding hydrogens is 184 g/mol. The molecule has 0 spiro atoms. The molecule has 6 heteroatoms. The van der Waals surface area contributed by atoms with E-state index in [-0.39, 0.29) is 6.17 Å². The number of nitrogens with one attached hydrogen (secondary N) is 1. The number of rotatable bonds is 0. The smallest absolute Gasteiger partial charge is 0.193 e. The van der Waals surface area contributed by atoms with Crippen LogP contribution in [-0.4, -0.2) is 17.5 Å². The molecule has 0 saturated carbocycles. The van der Waals surface area contributed by atoms with Crippen LogP contribution in [0.3, 0.4) is 0 Å². The monoisotopic (exact) mass is 186 g/mol. The summed E-state index contributed by atoms with van der Waals surface area (Å²) in [5.74, 6) is 0. The van der Waals surface area contributed by atoms with E-state index in [0.29, 0.717) is 15.7 Å². The number of fused-ring (bicyclic) bond motifs is 1. The average molecular weight is 187 g/mol. The van der Waals surface area contributed by atoms with Gasteiger partial charge >= 0.3 is 0 Å². The van der Waals surface area contributed by atoms with Crippen LogP contribution >= 0.6 is 23.8 Å². The highest BCUT2D eigenvalue weighted by atomic mass is 35.5. The topological polar surface area (TPSA) is 49.1 Å². The van der Waals surface area contributed by atoms with Crippen molar-refractivity contribution in [1.82, 2.24) is 5.32 Å². The van der Waals surface area contributed by atoms with Crippen molar-refractivity contribution in [2.45, 2.75) is 6.17 Å². The lowest BCUT2D eigenvalue weighted by atomic mass is 10.2. The molecule has 56 valence electrons. The van der Waals surface area contributed by atoms with Crippen molar-refractivity contribution < 1.29 is 0 Å². The molecule has 0 amide bonds. The molecule has 2 heterocycles. The zero-order valence-corrected chi connectivity index (χ0v) is 6.85. The number of thiocarbonyl (C=S) groups is 1. The molecule has 0 aromatic carbocycles. The third kappa shape index (κ3) is 0.965. The van der Waals surface area contributed by atoms with Crippen LogP contribution in [0.15, 0.2) is 26.0 Å². The number of azo groups is 1. The first-order chi connectivity index (χ1) is 5.29. The largest absolute Gasteiger partial charge is 0.337 e. The van der Waals surface area contributed by atoms with Crippen molar-refractivity contribution >= 4 is 35.1 Å². The van der Waals surface area contributed by atoms with Crippen molar-refractivity contribution in [2.24, 2.45) is 15.2 Å². The van der Waals surface area contributed by atoms with Crippen LogP contribution in [-0.2, 0) is 0 Å². The molecule has 0 aliphatic carbocycles. The minimum Gasteiger partial charge on any atom is -0.337 e. The van der Waals surface area contributed by atoms with Gasteiger partial charge in [-0.25, -0.2) is 4.99 Å². The Morgan fingerprint density at radius 3 is 3.18 bits per heavy atom. The second kappa shape index (κ2) is 2.35. The van der Waals surface area contributed by atoms with Gasteiger partial charge in [0.2, 0.25) is 0 Å². The maximum absolute atomic E-state index is 5.70. The van der Waals surface area contributed by atoms with Gasteiger partial charge in [-0.3, -0.25) is 0 Å². The van der Waals surface area contributed by atoms with E-state index in [1.807, 2.05) is 0 Å². The summed E-state index contributed by atoms with van der Waals surface area (Å²) in [6, 6.07) is 0. The molecule has 0 fully saturated rings. The van der Waals surface area contributed by atoms with E-state index < -0.39 is 0 Å². The van der Waals surface area contributed by atoms with Crippen LogP contribution in [0.5, 0.6) is 0 Å². The van der Waals surface area contributed by atoms with Crippen LogP contribution in [0.1, 0.15) is 0 Å². The molecule has 0 aromatic heterocycles. The Morgan fingerprint density at radius 2 is 2.45 bits per heavy atom. The summed E-state index contributed by atoms with van der Waals surface area (Å²) in [4.78, 5) is 4.52. The highest BCUT2D eigenvalue weighted by Crippen LogP contribution is 2.27. The van der Waals surface area contributed by atoms with Crippen LogP contribution < -0.4 is 5.32 Å². The number of hydrogen-bond donors (Lipinski definition) is 1. The Kier molecular flexibility index (Phi) is 1.47. The van der Waals surface area contributed by atoms with Crippen molar-refractivity contribution in [2.75, 3.05) is 0 Å². The number of nitrogens with zero attached hydrogens (tertiary/aromatic N) is 3. The summed E-state index contributed by atoms with van der Waals surface area (Å²) >= 11 is 10.7. The summed E-state index contributed by atoms with van der Waals surface area (Å²) in [6.45, 7) is 0. The maximum Gasteiger partial charge on any atom is 0.193 e. The Morgan fingerprint density at radius 1 is 1.64 bits per heavy atom. The zero-order chi connectivity index (χ0) is 7.84. The van der Waals surface area contributed by atoms with Gasteiger partial charge in [-0.15, -0.1) is 5.11 Å². The molecule has 0 bridgehead atoms. The van der Waals surface area contributed by atoms with Gasteiger partial charge in [0.25, 0.3) is 0 Å². The average Bonchev–Trinajstić information content (AvgIpc) is 2.34. The fourth-order valence-corrected chi connectivity index (χ4v) is 1.43. The lowest BCUT2D eigenvalue weighted by molar-refractivity contribution is 0.823. The quantitative estimate of drug-likeness (QED) is 0.456. The summed E-state index contributed by atoms with van der Waals surface area (Å²) in [5, 5.41) is 10.5. The second-order valence-corrected chi connectivity index (χ2v) is 2.81. The van der Waals surface area contributed by atoms with Gasteiger partial charge in [-0.1, -0.05) is 23.8 Å². The predicted molar refractivity (Wildman–Crippen MR) is 45.7 cm³/mol. The molecule has 11 heavy (non-hydrogen) atoms. The number of hydrogen-bond acceptors (Lipinski definition) is 4. The predicted octanol–water partition coefficient (Wildman–Crippen LogP) is 1.19. The van der Waals surface area contributed by atoms with Crippen LogP contribution in [0.25, 0.3) is 0 Å². The van der Waals surface area contributed by atoms with Gasteiger partial charge in [-0.2, -0.15) is 5.11 Å². The fourth-order valence-electron chi connectivity index (χ4n) is 0.883. The van der Waals surface area contributed by atoms with Gasteiger partial charge in [0, 0.05) is 0 Å². The van der Waals surface area contributed by atoms with Gasteiger partial charge in [0.05, 0.1) is 11.9 Å². The van der Waals surface area contributed by atoms with Gasteiger partial charge in [0.15, 0.2) is 11.3 Å². The maximum atomic E-state index is 5.70. The molecule has 2 aliphatic rings. The SMILES string of the molecule is S=C1NC=NC2N=NC(Cl)=C12. The first-order valence-corrected chi connectivity index (χ1v) is 3.70. The van der Waals surface area contributed by atoms with E-state index in [4.69, 9.17) is 23.8 Å². The third-order valence-corrected chi connectivity index (χ3v) is 2.01. The summed E-state index contributed by atoms with van der Waals surface area (Å²) in [5.41, 5.74) is 0.698. The van der Waals surface area contributed by atoms with Crippen LogP contribution in [0, 0.1) is 0 Å². The molecule has 0 saturated heterocycles. The first-order valence-electron chi connectivity index (χ1n) is 2.92. The standard InChI is InChI=1S/C5H3ClN4S/c6-3-2-4(10-9-3)7-1-8-5(2)11/h1,4H,(H,7,8,11). The van der Waals surface area contributed by atoms with E-state index >= 15 is 0 Å². The van der Waals surface area contributed by atoms with E-state index in [0.717, 1.165) is 0 Å². The molecule has 4 nitrogen and oxygen atoms in total. The molecule has 2 rings (SSSR count). The molecule has 0 aromatic rings. The lowest BCUT2D eigenvalue weighted by Gasteiger charge is -2.12. The van der Waals surface area contributed by atoms with E-state index in [9.17, 15) is 0 Å². The third-order valence-electron chi connectivity index (χ3n) is 1.39. The highest BCUT2D eigenvalue weighted by molar-refractivity contribution is 7.80. The molecule has 2 aliphatic heterocycles. The van der Waals surface area contributed by atoms with Gasteiger partial charge in [-0.05, 0) is 0 Å². The number of halogens is 1. The lowest BCUT2D eigenvalue weighted by Crippen LogP contribution is -2.31. The van der Waals surface area contributed by atoms with E-state index in [1.54, 1.807) is 0 Å². The second-order valence-electron chi connectivity index (χ2n) is 2.05. The minimum atomic E-state index is -0.309. The summed E-state index contributed by atoms with van der Waals surface area (Å²) < 4.78 is 0. The molecule has 0 radical (unpaired) electrons. The Balaban J connectivity index is 2.49. The highest BCUT2D eigenvalue weighted by Gasteiger charge is 2.27. The Labute approximate surface area is 73.1 Å². The minimum absolute atomic E-state index is 0.309. The molecule has 1 unspecified atom stereocenters. The Hall–Kier alpha value is -0.810. The Bertz CT molecular complexity index is 306. The summed E-state index contributed by atoms with van der Waals surface area (Å²) in [7, 11) is 0. The normalized spacial score (nSPS) is 27.4. The van der Waals surface area contributed by atoms with Gasteiger partial charge < -0.3 is 5.32 Å². The molecular formula is C5H3ClN4S. The zero-order valence-electron chi connectivity index (χ0n) is 5.28. The van der Waals surface area contributed by atoms with E-state index in [2.05, 4.69) is 20.5 Å². The van der Waals surface area contributed by atoms with Crippen molar-refractivity contribution in [1.29, 1.82) is 0 Å².